The molecule has 3 rings (SSSR count). The van der Waals surface area contributed by atoms with Crippen molar-refractivity contribution >= 4 is 5.95 Å². The van der Waals surface area contributed by atoms with E-state index in [-0.39, 0.29) is 12.0 Å². The summed E-state index contributed by atoms with van der Waals surface area (Å²) in [5.74, 6) is 1.23. The lowest BCUT2D eigenvalue weighted by Gasteiger charge is -2.24. The van der Waals surface area contributed by atoms with Gasteiger partial charge in [0.1, 0.15) is 0 Å². The Morgan fingerprint density at radius 3 is 2.74 bits per heavy atom. The topological polar surface area (TPSA) is 71.6 Å². The van der Waals surface area contributed by atoms with Gasteiger partial charge in [-0.05, 0) is 18.0 Å². The lowest BCUT2D eigenvalue weighted by molar-refractivity contribution is 0.119. The first-order valence-corrected chi connectivity index (χ1v) is 7.19. The van der Waals surface area contributed by atoms with Crippen molar-refractivity contribution in [3.63, 3.8) is 0 Å². The fraction of sp³-hybridized carbons (Fsp3) is 0.846. The van der Waals surface area contributed by atoms with Gasteiger partial charge in [0.25, 0.3) is 5.95 Å². The third-order valence-corrected chi connectivity index (χ3v) is 4.02. The first-order valence-electron chi connectivity index (χ1n) is 7.19. The summed E-state index contributed by atoms with van der Waals surface area (Å²) in [6, 6.07) is 0. The molecule has 19 heavy (non-hydrogen) atoms. The molecule has 1 aliphatic carbocycles. The summed E-state index contributed by atoms with van der Waals surface area (Å²) in [5.41, 5.74) is 0. The van der Waals surface area contributed by atoms with Crippen LogP contribution in [0.25, 0.3) is 0 Å². The normalized spacial score (nSPS) is 29.2. The molecule has 2 unspecified atom stereocenters. The number of anilines is 1. The van der Waals surface area contributed by atoms with E-state index in [4.69, 9.17) is 9.26 Å². The van der Waals surface area contributed by atoms with Gasteiger partial charge in [-0.2, -0.15) is 4.98 Å². The van der Waals surface area contributed by atoms with Crippen molar-refractivity contribution in [1.82, 2.24) is 10.1 Å². The molecular weight excluding hydrogens is 246 g/mol. The SMILES string of the molecule is OC1CCCCCC1c1nc(N2CCOCC2)no1. The number of hydrogen-bond acceptors (Lipinski definition) is 6. The third kappa shape index (κ3) is 2.90. The molecule has 0 aromatic carbocycles. The van der Waals surface area contributed by atoms with E-state index >= 15 is 0 Å². The molecule has 6 heteroatoms. The van der Waals surface area contributed by atoms with Gasteiger partial charge in [0.05, 0.1) is 25.2 Å². The maximum absolute atomic E-state index is 10.2. The molecule has 0 amide bonds. The smallest absolute Gasteiger partial charge is 0.266 e. The Labute approximate surface area is 112 Å². The second-order valence-electron chi connectivity index (χ2n) is 5.34. The second kappa shape index (κ2) is 5.88. The van der Waals surface area contributed by atoms with E-state index in [1.807, 2.05) is 0 Å². The highest BCUT2D eigenvalue weighted by molar-refractivity contribution is 5.28. The van der Waals surface area contributed by atoms with Crippen molar-refractivity contribution in [1.29, 1.82) is 0 Å². The zero-order valence-electron chi connectivity index (χ0n) is 11.1. The summed E-state index contributed by atoms with van der Waals surface area (Å²) >= 11 is 0. The molecule has 2 aliphatic rings. The maximum Gasteiger partial charge on any atom is 0.266 e. The van der Waals surface area contributed by atoms with Crippen molar-refractivity contribution in [2.45, 2.75) is 44.1 Å². The highest BCUT2D eigenvalue weighted by Crippen LogP contribution is 2.31. The van der Waals surface area contributed by atoms with Gasteiger partial charge in [-0.25, -0.2) is 0 Å². The fourth-order valence-corrected chi connectivity index (χ4v) is 2.85. The van der Waals surface area contributed by atoms with Gasteiger partial charge in [0.2, 0.25) is 5.89 Å². The summed E-state index contributed by atoms with van der Waals surface area (Å²) in [7, 11) is 0. The molecule has 0 radical (unpaired) electrons. The van der Waals surface area contributed by atoms with Crippen molar-refractivity contribution in [2.75, 3.05) is 31.2 Å². The molecular formula is C13H21N3O3. The third-order valence-electron chi connectivity index (χ3n) is 4.02. The minimum Gasteiger partial charge on any atom is -0.392 e. The second-order valence-corrected chi connectivity index (χ2v) is 5.34. The number of aliphatic hydroxyl groups excluding tert-OH is 1. The molecule has 1 aromatic rings. The van der Waals surface area contributed by atoms with Gasteiger partial charge < -0.3 is 19.3 Å². The molecule has 1 N–H and O–H groups in total. The molecule has 1 aromatic heterocycles. The quantitative estimate of drug-likeness (QED) is 0.815. The number of nitrogens with zero attached hydrogens (tertiary/aromatic N) is 3. The minimum atomic E-state index is -0.347. The van der Waals surface area contributed by atoms with Crippen LogP contribution < -0.4 is 4.90 Å². The number of ether oxygens (including phenoxy) is 1. The summed E-state index contributed by atoms with van der Waals surface area (Å²) in [6.45, 7) is 3.00. The highest BCUT2D eigenvalue weighted by Gasteiger charge is 2.29. The van der Waals surface area contributed by atoms with Crippen LogP contribution in [0.1, 0.15) is 43.9 Å². The molecule has 106 valence electrons. The predicted octanol–water partition coefficient (Wildman–Crippen LogP) is 1.31. The standard InChI is InChI=1S/C13H21N3O3/c17-11-5-3-1-2-4-10(11)12-14-13(15-19-12)16-6-8-18-9-7-16/h10-11,17H,1-9H2. The number of morpholine rings is 1. The summed E-state index contributed by atoms with van der Waals surface area (Å²) in [5, 5.41) is 14.2. The molecule has 2 atom stereocenters. The summed E-state index contributed by atoms with van der Waals surface area (Å²) < 4.78 is 10.7. The van der Waals surface area contributed by atoms with E-state index in [1.165, 1.54) is 6.42 Å². The molecule has 1 aliphatic heterocycles. The lowest BCUT2D eigenvalue weighted by atomic mass is 9.97. The molecule has 0 spiro atoms. The Morgan fingerprint density at radius 1 is 1.11 bits per heavy atom. The lowest BCUT2D eigenvalue weighted by Crippen LogP contribution is -2.36. The number of aromatic nitrogens is 2. The zero-order valence-corrected chi connectivity index (χ0v) is 11.1. The molecule has 0 bridgehead atoms. The van der Waals surface area contributed by atoms with Crippen LogP contribution in [0.2, 0.25) is 0 Å². The summed E-state index contributed by atoms with van der Waals surface area (Å²) in [4.78, 5) is 6.55. The van der Waals surface area contributed by atoms with E-state index in [0.29, 0.717) is 25.1 Å². The van der Waals surface area contributed by atoms with Crippen molar-refractivity contribution < 1.29 is 14.4 Å². The van der Waals surface area contributed by atoms with Gasteiger partial charge in [-0.1, -0.05) is 19.3 Å². The van der Waals surface area contributed by atoms with E-state index < -0.39 is 0 Å². The van der Waals surface area contributed by atoms with E-state index in [2.05, 4.69) is 15.0 Å². The molecule has 1 saturated heterocycles. The van der Waals surface area contributed by atoms with Gasteiger partial charge in [0.15, 0.2) is 0 Å². The van der Waals surface area contributed by atoms with Crippen LogP contribution in [0.15, 0.2) is 4.52 Å². The average molecular weight is 267 g/mol. The predicted molar refractivity (Wildman–Crippen MR) is 69.2 cm³/mol. The Kier molecular flexibility index (Phi) is 3.98. The Bertz CT molecular complexity index is 404. The van der Waals surface area contributed by atoms with Crippen molar-refractivity contribution in [3.8, 4) is 0 Å². The molecule has 2 heterocycles. The number of rotatable bonds is 2. The molecule has 1 saturated carbocycles. The monoisotopic (exact) mass is 267 g/mol. The minimum absolute atomic E-state index is 0.00444. The van der Waals surface area contributed by atoms with Crippen LogP contribution in [0.4, 0.5) is 5.95 Å². The van der Waals surface area contributed by atoms with Crippen LogP contribution in [0, 0.1) is 0 Å². The maximum atomic E-state index is 10.2. The van der Waals surface area contributed by atoms with Crippen LogP contribution in [0.3, 0.4) is 0 Å². The summed E-state index contributed by atoms with van der Waals surface area (Å²) in [6.07, 6.45) is 4.81. The highest BCUT2D eigenvalue weighted by atomic mass is 16.5. The zero-order chi connectivity index (χ0) is 13.1. The average Bonchev–Trinajstić information content (AvgIpc) is 2.83. The van der Waals surface area contributed by atoms with Crippen LogP contribution in [0.5, 0.6) is 0 Å². The van der Waals surface area contributed by atoms with E-state index in [0.717, 1.165) is 38.8 Å². The van der Waals surface area contributed by atoms with Crippen molar-refractivity contribution in [3.05, 3.63) is 5.89 Å². The first-order chi connectivity index (χ1) is 9.34. The van der Waals surface area contributed by atoms with Crippen LogP contribution >= 0.6 is 0 Å². The Hall–Kier alpha value is -1.14. The van der Waals surface area contributed by atoms with Crippen LogP contribution in [-0.4, -0.2) is 47.7 Å². The van der Waals surface area contributed by atoms with Crippen LogP contribution in [-0.2, 0) is 4.74 Å². The van der Waals surface area contributed by atoms with E-state index in [1.54, 1.807) is 0 Å². The molecule has 2 fully saturated rings. The van der Waals surface area contributed by atoms with Gasteiger partial charge in [-0.15, -0.1) is 0 Å². The Morgan fingerprint density at radius 2 is 1.89 bits per heavy atom. The van der Waals surface area contributed by atoms with Gasteiger partial charge in [0, 0.05) is 13.1 Å². The first kappa shape index (κ1) is 12.9. The number of aliphatic hydroxyl groups is 1. The largest absolute Gasteiger partial charge is 0.392 e. The van der Waals surface area contributed by atoms with Gasteiger partial charge in [-0.3, -0.25) is 0 Å². The van der Waals surface area contributed by atoms with Crippen molar-refractivity contribution in [2.24, 2.45) is 0 Å². The Balaban J connectivity index is 1.72. The fourth-order valence-electron chi connectivity index (χ4n) is 2.85. The molecule has 6 nitrogen and oxygen atoms in total. The van der Waals surface area contributed by atoms with E-state index in [9.17, 15) is 5.11 Å². The number of hydrogen-bond donors (Lipinski definition) is 1. The van der Waals surface area contributed by atoms with Gasteiger partial charge >= 0.3 is 0 Å².